The molecule has 0 bridgehead atoms. The van der Waals surface area contributed by atoms with E-state index >= 15 is 0 Å². The third kappa shape index (κ3) is 3.67. The van der Waals surface area contributed by atoms with Crippen LogP contribution in [0.5, 0.6) is 11.5 Å². The van der Waals surface area contributed by atoms with Gasteiger partial charge in [-0.1, -0.05) is 24.3 Å². The van der Waals surface area contributed by atoms with Crippen molar-refractivity contribution in [3.63, 3.8) is 0 Å². The van der Waals surface area contributed by atoms with Crippen molar-refractivity contribution in [1.29, 1.82) is 0 Å². The van der Waals surface area contributed by atoms with E-state index in [0.29, 0.717) is 0 Å². The predicted molar refractivity (Wildman–Crippen MR) is 72.8 cm³/mol. The van der Waals surface area contributed by atoms with Gasteiger partial charge in [0.05, 0.1) is 0 Å². The number of benzene rings is 2. The lowest BCUT2D eigenvalue weighted by atomic mass is 10.2. The van der Waals surface area contributed by atoms with E-state index in [0.717, 1.165) is 11.5 Å². The molecule has 0 aliphatic rings. The van der Waals surface area contributed by atoms with Crippen LogP contribution in [0.25, 0.3) is 0 Å². The molecule has 2 aromatic carbocycles. The molecule has 0 fully saturated rings. The van der Waals surface area contributed by atoms with Crippen molar-refractivity contribution in [2.75, 3.05) is 0 Å². The molecule has 0 aliphatic carbocycles. The Morgan fingerprint density at radius 1 is 0.722 bits per heavy atom. The maximum Gasteiger partial charge on any atom is 0.126 e. The normalized spacial score (nSPS) is 10.6. The first kappa shape index (κ1) is 12.2. The van der Waals surface area contributed by atoms with Gasteiger partial charge in [-0.25, -0.2) is 0 Å². The number of aryl methyl sites for hydroxylation is 2. The summed E-state index contributed by atoms with van der Waals surface area (Å²) in [6.07, 6.45) is 3.08. The van der Waals surface area contributed by atoms with E-state index in [9.17, 15) is 0 Å². The molecule has 0 radical (unpaired) electrons. The molecule has 0 amide bonds. The maximum atomic E-state index is 5.43. The van der Waals surface area contributed by atoms with Crippen LogP contribution < -0.4 is 9.47 Å². The van der Waals surface area contributed by atoms with Gasteiger partial charge in [0, 0.05) is 0 Å². The van der Waals surface area contributed by atoms with Crippen LogP contribution >= 0.6 is 0 Å². The summed E-state index contributed by atoms with van der Waals surface area (Å²) < 4.78 is 10.9. The summed E-state index contributed by atoms with van der Waals surface area (Å²) in [6.45, 7) is 4.06. The largest absolute Gasteiger partial charge is 0.462 e. The predicted octanol–water partition coefficient (Wildman–Crippen LogP) is 4.23. The highest BCUT2D eigenvalue weighted by molar-refractivity contribution is 5.29. The molecule has 2 heteroatoms. The molecule has 92 valence electrons. The fraction of sp³-hybridized carbons (Fsp3) is 0.125. The summed E-state index contributed by atoms with van der Waals surface area (Å²) in [5.41, 5.74) is 2.33. The third-order valence-corrected chi connectivity index (χ3v) is 2.44. The maximum absolute atomic E-state index is 5.43. The van der Waals surface area contributed by atoms with E-state index in [1.807, 2.05) is 62.4 Å². The van der Waals surface area contributed by atoms with Crippen molar-refractivity contribution in [2.24, 2.45) is 0 Å². The highest BCUT2D eigenvalue weighted by atomic mass is 16.5. The molecule has 0 heterocycles. The van der Waals surface area contributed by atoms with Crippen LogP contribution in [0.4, 0.5) is 0 Å². The lowest BCUT2D eigenvalue weighted by molar-refractivity contribution is 0.421. The summed E-state index contributed by atoms with van der Waals surface area (Å²) >= 11 is 0. The Labute approximate surface area is 107 Å². The fourth-order valence-electron chi connectivity index (χ4n) is 1.59. The highest BCUT2D eigenvalue weighted by Gasteiger charge is 1.92. The Balaban J connectivity index is 1.89. The summed E-state index contributed by atoms with van der Waals surface area (Å²) in [4.78, 5) is 0. The van der Waals surface area contributed by atoms with Crippen LogP contribution in [-0.4, -0.2) is 0 Å². The molecular weight excluding hydrogens is 224 g/mol. The van der Waals surface area contributed by atoms with Gasteiger partial charge in [-0.05, 0) is 49.2 Å². The number of hydrogen-bond acceptors (Lipinski definition) is 2. The lowest BCUT2D eigenvalue weighted by Crippen LogP contribution is -1.87. The van der Waals surface area contributed by atoms with E-state index < -0.39 is 0 Å². The highest BCUT2D eigenvalue weighted by Crippen LogP contribution is 2.14. The lowest BCUT2D eigenvalue weighted by Gasteiger charge is -2.02. The first-order valence-corrected chi connectivity index (χ1v) is 5.86. The van der Waals surface area contributed by atoms with Gasteiger partial charge in [0.15, 0.2) is 0 Å². The summed E-state index contributed by atoms with van der Waals surface area (Å²) in [5, 5.41) is 0. The molecule has 0 saturated heterocycles. The van der Waals surface area contributed by atoms with Gasteiger partial charge in [0.1, 0.15) is 24.0 Å². The van der Waals surface area contributed by atoms with Crippen LogP contribution in [0.15, 0.2) is 61.1 Å². The Morgan fingerprint density at radius 2 is 1.17 bits per heavy atom. The Morgan fingerprint density at radius 3 is 1.56 bits per heavy atom. The van der Waals surface area contributed by atoms with Gasteiger partial charge in [0.2, 0.25) is 0 Å². The molecule has 2 rings (SSSR count). The summed E-state index contributed by atoms with van der Waals surface area (Å²) in [6, 6.07) is 15.7. The zero-order valence-electron chi connectivity index (χ0n) is 10.6. The zero-order valence-corrected chi connectivity index (χ0v) is 10.6. The molecular formula is C16H16O2. The van der Waals surface area contributed by atoms with E-state index in [2.05, 4.69) is 0 Å². The monoisotopic (exact) mass is 240 g/mol. The number of rotatable bonds is 4. The van der Waals surface area contributed by atoms with Crippen molar-refractivity contribution >= 4 is 0 Å². The van der Waals surface area contributed by atoms with Crippen molar-refractivity contribution in [3.8, 4) is 11.5 Å². The minimum atomic E-state index is 0.805. The molecule has 0 N–H and O–H groups in total. The zero-order chi connectivity index (χ0) is 12.8. The second-order valence-electron chi connectivity index (χ2n) is 4.14. The summed E-state index contributed by atoms with van der Waals surface area (Å²) in [7, 11) is 0. The molecule has 0 saturated carbocycles. The summed E-state index contributed by atoms with van der Waals surface area (Å²) in [5.74, 6) is 1.61. The van der Waals surface area contributed by atoms with E-state index in [4.69, 9.17) is 9.47 Å². The van der Waals surface area contributed by atoms with Crippen LogP contribution in [-0.2, 0) is 0 Å². The average molecular weight is 240 g/mol. The van der Waals surface area contributed by atoms with Crippen LogP contribution in [0.1, 0.15) is 11.1 Å². The first-order valence-electron chi connectivity index (χ1n) is 5.86. The Kier molecular flexibility index (Phi) is 4.02. The SMILES string of the molecule is Cc1cccc(OC=COc2cccc(C)c2)c1. The molecule has 0 unspecified atom stereocenters. The van der Waals surface area contributed by atoms with Gasteiger partial charge in [-0.3, -0.25) is 0 Å². The fourth-order valence-corrected chi connectivity index (χ4v) is 1.59. The minimum Gasteiger partial charge on any atom is -0.462 e. The molecule has 2 nitrogen and oxygen atoms in total. The second kappa shape index (κ2) is 5.92. The van der Waals surface area contributed by atoms with Crippen molar-refractivity contribution < 1.29 is 9.47 Å². The van der Waals surface area contributed by atoms with E-state index in [-0.39, 0.29) is 0 Å². The van der Waals surface area contributed by atoms with E-state index in [1.54, 1.807) is 0 Å². The standard InChI is InChI=1S/C16H16O2/c1-13-5-3-7-15(11-13)17-9-10-18-16-8-4-6-14(2)12-16/h3-12H,1-2H3. The molecule has 0 spiro atoms. The smallest absolute Gasteiger partial charge is 0.126 e. The molecule has 2 aromatic rings. The Bertz CT molecular complexity index is 495. The van der Waals surface area contributed by atoms with Crippen molar-refractivity contribution in [1.82, 2.24) is 0 Å². The number of ether oxygens (including phenoxy) is 2. The Hall–Kier alpha value is -2.22. The second-order valence-corrected chi connectivity index (χ2v) is 4.14. The van der Waals surface area contributed by atoms with Crippen molar-refractivity contribution in [3.05, 3.63) is 72.2 Å². The van der Waals surface area contributed by atoms with Crippen molar-refractivity contribution in [2.45, 2.75) is 13.8 Å². The van der Waals surface area contributed by atoms with Gasteiger partial charge < -0.3 is 9.47 Å². The molecule has 18 heavy (non-hydrogen) atoms. The van der Waals surface area contributed by atoms with Gasteiger partial charge in [-0.15, -0.1) is 0 Å². The molecule has 0 aromatic heterocycles. The van der Waals surface area contributed by atoms with E-state index in [1.165, 1.54) is 23.7 Å². The van der Waals surface area contributed by atoms with Gasteiger partial charge in [0.25, 0.3) is 0 Å². The molecule has 0 atom stereocenters. The van der Waals surface area contributed by atoms with Gasteiger partial charge >= 0.3 is 0 Å². The third-order valence-electron chi connectivity index (χ3n) is 2.44. The van der Waals surface area contributed by atoms with Gasteiger partial charge in [-0.2, -0.15) is 0 Å². The minimum absolute atomic E-state index is 0.805. The van der Waals surface area contributed by atoms with Crippen LogP contribution in [0, 0.1) is 13.8 Å². The average Bonchev–Trinajstić information content (AvgIpc) is 2.35. The van der Waals surface area contributed by atoms with Crippen LogP contribution in [0.3, 0.4) is 0 Å². The topological polar surface area (TPSA) is 18.5 Å². The molecule has 0 aliphatic heterocycles. The van der Waals surface area contributed by atoms with Crippen LogP contribution in [0.2, 0.25) is 0 Å². The first-order chi connectivity index (χ1) is 8.74. The quantitative estimate of drug-likeness (QED) is 0.744. The number of hydrogen-bond donors (Lipinski definition) is 0.